The van der Waals surface area contributed by atoms with Crippen molar-refractivity contribution in [3.05, 3.63) is 70.2 Å². The molecule has 0 radical (unpaired) electrons. The van der Waals surface area contributed by atoms with Crippen LogP contribution in [0.2, 0.25) is 5.02 Å². The predicted octanol–water partition coefficient (Wildman–Crippen LogP) is 4.99. The molecular formula is C22H19ClN2O3S. The summed E-state index contributed by atoms with van der Waals surface area (Å²) in [7, 11) is 0. The lowest BCUT2D eigenvalue weighted by atomic mass is 9.96. The van der Waals surface area contributed by atoms with Crippen molar-refractivity contribution in [3.8, 4) is 10.6 Å². The molecule has 0 spiro atoms. The summed E-state index contributed by atoms with van der Waals surface area (Å²) in [6, 6.07) is 15.2. The highest BCUT2D eigenvalue weighted by atomic mass is 35.5. The number of nitrogens with zero attached hydrogens (tertiary/aromatic N) is 2. The van der Waals surface area contributed by atoms with Gasteiger partial charge in [-0.15, -0.1) is 11.3 Å². The number of carbonyl (C=O) groups is 2. The molecule has 29 heavy (non-hydrogen) atoms. The first kappa shape index (κ1) is 19.6. The minimum Gasteiger partial charge on any atom is -0.451 e. The van der Waals surface area contributed by atoms with Crippen LogP contribution in [0.25, 0.3) is 10.6 Å². The average Bonchev–Trinajstić information content (AvgIpc) is 3.22. The molecular weight excluding hydrogens is 408 g/mol. The largest absolute Gasteiger partial charge is 0.451 e. The van der Waals surface area contributed by atoms with E-state index in [2.05, 4.69) is 4.98 Å². The summed E-state index contributed by atoms with van der Waals surface area (Å²) in [6.07, 6.45) is 1.82. The number of fused-ring (bicyclic) bond motifs is 1. The number of carbonyl (C=O) groups excluding carboxylic acids is 2. The molecule has 0 saturated carbocycles. The molecule has 1 aliphatic rings. The van der Waals surface area contributed by atoms with Crippen molar-refractivity contribution in [1.82, 2.24) is 4.98 Å². The van der Waals surface area contributed by atoms with Crippen LogP contribution in [0.4, 0.5) is 5.69 Å². The lowest BCUT2D eigenvalue weighted by Crippen LogP contribution is -2.44. The van der Waals surface area contributed by atoms with Gasteiger partial charge >= 0.3 is 5.97 Å². The number of ether oxygens (including phenoxy) is 1. The molecule has 1 aromatic heterocycles. The highest BCUT2D eigenvalue weighted by molar-refractivity contribution is 7.13. The number of anilines is 1. The third kappa shape index (κ3) is 4.18. The molecule has 1 unspecified atom stereocenters. The van der Waals surface area contributed by atoms with Gasteiger partial charge in [0.15, 0.2) is 12.3 Å². The molecule has 3 aromatic rings. The van der Waals surface area contributed by atoms with Crippen molar-refractivity contribution in [2.24, 2.45) is 0 Å². The molecule has 0 fully saturated rings. The Hall–Kier alpha value is -2.70. The van der Waals surface area contributed by atoms with E-state index in [1.54, 1.807) is 22.4 Å². The Morgan fingerprint density at radius 3 is 2.90 bits per heavy atom. The SMILES string of the molecule is CC1CCc2ccccc2N1C(=O)COC(=O)c1csc(-c2cccc(Cl)c2)n1. The third-order valence-corrected chi connectivity index (χ3v) is 6.03. The average molecular weight is 427 g/mol. The van der Waals surface area contributed by atoms with Gasteiger partial charge < -0.3 is 9.64 Å². The van der Waals surface area contributed by atoms with Crippen LogP contribution in [0, 0.1) is 0 Å². The molecule has 0 N–H and O–H groups in total. The van der Waals surface area contributed by atoms with Crippen molar-refractivity contribution in [3.63, 3.8) is 0 Å². The van der Waals surface area contributed by atoms with Gasteiger partial charge in [0.1, 0.15) is 5.01 Å². The van der Waals surface area contributed by atoms with Crippen LogP contribution < -0.4 is 4.90 Å². The number of aryl methyl sites for hydroxylation is 1. The van der Waals surface area contributed by atoms with Gasteiger partial charge in [-0.1, -0.05) is 41.9 Å². The Labute approximate surface area is 177 Å². The number of esters is 1. The summed E-state index contributed by atoms with van der Waals surface area (Å²) in [5.41, 5.74) is 3.04. The molecule has 0 saturated heterocycles. The van der Waals surface area contributed by atoms with Gasteiger partial charge in [0.25, 0.3) is 5.91 Å². The van der Waals surface area contributed by atoms with Crippen molar-refractivity contribution in [2.45, 2.75) is 25.8 Å². The number of para-hydroxylation sites is 1. The van der Waals surface area contributed by atoms with E-state index in [0.29, 0.717) is 10.0 Å². The standard InChI is InChI=1S/C22H19ClN2O3S/c1-14-9-10-15-5-2-3-8-19(15)25(14)20(26)12-28-22(27)18-13-29-21(24-18)16-6-4-7-17(23)11-16/h2-8,11,13-14H,9-10,12H2,1H3. The molecule has 7 heteroatoms. The summed E-state index contributed by atoms with van der Waals surface area (Å²) < 4.78 is 5.27. The second kappa shape index (κ2) is 8.35. The van der Waals surface area contributed by atoms with Gasteiger partial charge in [-0.05, 0) is 43.5 Å². The van der Waals surface area contributed by atoms with Crippen LogP contribution in [0.3, 0.4) is 0 Å². The van der Waals surface area contributed by atoms with Crippen LogP contribution in [0.5, 0.6) is 0 Å². The van der Waals surface area contributed by atoms with Gasteiger partial charge in [-0.2, -0.15) is 0 Å². The monoisotopic (exact) mass is 426 g/mol. The normalized spacial score (nSPS) is 15.7. The lowest BCUT2D eigenvalue weighted by molar-refractivity contribution is -0.122. The number of hydrogen-bond acceptors (Lipinski definition) is 5. The van der Waals surface area contributed by atoms with Crippen LogP contribution in [0.15, 0.2) is 53.9 Å². The van der Waals surface area contributed by atoms with Crippen molar-refractivity contribution in [2.75, 3.05) is 11.5 Å². The molecule has 5 nitrogen and oxygen atoms in total. The first-order chi connectivity index (χ1) is 14.0. The van der Waals surface area contributed by atoms with Crippen molar-refractivity contribution < 1.29 is 14.3 Å². The van der Waals surface area contributed by atoms with Crippen LogP contribution in [-0.4, -0.2) is 29.5 Å². The second-order valence-electron chi connectivity index (χ2n) is 6.90. The van der Waals surface area contributed by atoms with Crippen molar-refractivity contribution in [1.29, 1.82) is 0 Å². The summed E-state index contributed by atoms with van der Waals surface area (Å²) >= 11 is 7.34. The van der Waals surface area contributed by atoms with Crippen LogP contribution in [0.1, 0.15) is 29.4 Å². The number of aromatic nitrogens is 1. The van der Waals surface area contributed by atoms with E-state index in [9.17, 15) is 9.59 Å². The second-order valence-corrected chi connectivity index (χ2v) is 8.20. The number of hydrogen-bond donors (Lipinski definition) is 0. The molecule has 2 heterocycles. The quantitative estimate of drug-likeness (QED) is 0.551. The van der Waals surface area contributed by atoms with E-state index in [4.69, 9.17) is 16.3 Å². The number of rotatable bonds is 4. The maximum Gasteiger partial charge on any atom is 0.358 e. The lowest BCUT2D eigenvalue weighted by Gasteiger charge is -2.35. The fourth-order valence-electron chi connectivity index (χ4n) is 3.46. The molecule has 0 bridgehead atoms. The Balaban J connectivity index is 1.43. The number of thiazole rings is 1. The molecule has 1 atom stereocenters. The Morgan fingerprint density at radius 2 is 2.07 bits per heavy atom. The van der Waals surface area contributed by atoms with Gasteiger partial charge in [0.05, 0.1) is 0 Å². The zero-order chi connectivity index (χ0) is 20.4. The third-order valence-electron chi connectivity index (χ3n) is 4.90. The minimum atomic E-state index is -0.610. The highest BCUT2D eigenvalue weighted by Crippen LogP contribution is 2.30. The van der Waals surface area contributed by atoms with Crippen molar-refractivity contribution >= 4 is 40.5 Å². The van der Waals surface area contributed by atoms with Crippen LogP contribution >= 0.6 is 22.9 Å². The van der Waals surface area contributed by atoms with Gasteiger partial charge in [0, 0.05) is 27.7 Å². The van der Waals surface area contributed by atoms with Crippen LogP contribution in [-0.2, 0) is 16.0 Å². The fourth-order valence-corrected chi connectivity index (χ4v) is 4.44. The molecule has 0 aliphatic carbocycles. The minimum absolute atomic E-state index is 0.0600. The fraction of sp³-hybridized carbons (Fsp3) is 0.227. The highest BCUT2D eigenvalue weighted by Gasteiger charge is 2.28. The van der Waals surface area contributed by atoms with E-state index in [1.165, 1.54) is 11.3 Å². The zero-order valence-corrected chi connectivity index (χ0v) is 17.4. The number of benzene rings is 2. The summed E-state index contributed by atoms with van der Waals surface area (Å²) in [5.74, 6) is -0.843. The smallest absolute Gasteiger partial charge is 0.358 e. The van der Waals surface area contributed by atoms with E-state index in [-0.39, 0.29) is 24.2 Å². The molecule has 148 valence electrons. The summed E-state index contributed by atoms with van der Waals surface area (Å²) in [4.78, 5) is 31.2. The number of amides is 1. The van der Waals surface area contributed by atoms with Gasteiger partial charge in [-0.3, -0.25) is 4.79 Å². The first-order valence-corrected chi connectivity index (χ1v) is 10.6. The van der Waals surface area contributed by atoms with E-state index >= 15 is 0 Å². The summed E-state index contributed by atoms with van der Waals surface area (Å²) in [5, 5.41) is 2.90. The van der Waals surface area contributed by atoms with E-state index < -0.39 is 5.97 Å². The van der Waals surface area contributed by atoms with E-state index in [1.807, 2.05) is 43.3 Å². The Kier molecular flexibility index (Phi) is 5.65. The zero-order valence-electron chi connectivity index (χ0n) is 15.8. The first-order valence-electron chi connectivity index (χ1n) is 9.31. The number of halogens is 1. The molecule has 1 aliphatic heterocycles. The Bertz CT molecular complexity index is 1070. The maximum atomic E-state index is 12.8. The maximum absolute atomic E-state index is 12.8. The molecule has 2 aromatic carbocycles. The predicted molar refractivity (Wildman–Crippen MR) is 115 cm³/mol. The van der Waals surface area contributed by atoms with Gasteiger partial charge in [-0.25, -0.2) is 9.78 Å². The summed E-state index contributed by atoms with van der Waals surface area (Å²) in [6.45, 7) is 1.69. The topological polar surface area (TPSA) is 59.5 Å². The molecule has 4 rings (SSSR count). The molecule has 1 amide bonds. The van der Waals surface area contributed by atoms with Gasteiger partial charge in [0.2, 0.25) is 0 Å². The Morgan fingerprint density at radius 1 is 1.24 bits per heavy atom. The van der Waals surface area contributed by atoms with E-state index in [0.717, 1.165) is 29.7 Å².